The standard InChI is InChI=1S/C13H10F3N5O/c14-13(15,16)8-4-2-1-3-7(8)6-22-9-5-10(17)18-12-11(9)19-21-20-12/h1-5H,6H2,(H3,17,18,19,20,21). The van der Waals surface area contributed by atoms with Crippen LogP contribution in [0.3, 0.4) is 0 Å². The van der Waals surface area contributed by atoms with Gasteiger partial charge in [0.15, 0.2) is 11.3 Å². The number of nitrogen functional groups attached to an aromatic ring is 1. The third-order valence-corrected chi connectivity index (χ3v) is 2.98. The Kier molecular flexibility index (Phi) is 3.32. The molecule has 0 bridgehead atoms. The van der Waals surface area contributed by atoms with Gasteiger partial charge in [0.2, 0.25) is 5.65 Å². The van der Waals surface area contributed by atoms with Gasteiger partial charge in [-0.1, -0.05) is 18.2 Å². The first kappa shape index (κ1) is 14.1. The van der Waals surface area contributed by atoms with Crippen LogP contribution in [-0.2, 0) is 12.8 Å². The van der Waals surface area contributed by atoms with Crippen molar-refractivity contribution in [3.8, 4) is 5.75 Å². The van der Waals surface area contributed by atoms with E-state index in [0.29, 0.717) is 5.52 Å². The fraction of sp³-hybridized carbons (Fsp3) is 0.154. The zero-order valence-corrected chi connectivity index (χ0v) is 11.1. The van der Waals surface area contributed by atoms with Crippen LogP contribution in [-0.4, -0.2) is 20.4 Å². The van der Waals surface area contributed by atoms with Crippen LogP contribution in [0, 0.1) is 0 Å². The number of pyridine rings is 1. The summed E-state index contributed by atoms with van der Waals surface area (Å²) in [5, 5.41) is 9.97. The number of anilines is 1. The van der Waals surface area contributed by atoms with Crippen molar-refractivity contribution in [2.24, 2.45) is 0 Å². The molecular weight excluding hydrogens is 299 g/mol. The maximum atomic E-state index is 12.9. The van der Waals surface area contributed by atoms with Crippen LogP contribution >= 0.6 is 0 Å². The summed E-state index contributed by atoms with van der Waals surface area (Å²) in [6.07, 6.45) is -4.44. The van der Waals surface area contributed by atoms with Crippen LogP contribution in [0.4, 0.5) is 19.0 Å². The van der Waals surface area contributed by atoms with Gasteiger partial charge in [-0.3, -0.25) is 0 Å². The first-order valence-corrected chi connectivity index (χ1v) is 6.20. The van der Waals surface area contributed by atoms with Crippen molar-refractivity contribution < 1.29 is 17.9 Å². The Labute approximate surface area is 122 Å². The number of hydrogen-bond acceptors (Lipinski definition) is 5. The molecule has 0 atom stereocenters. The number of aromatic amines is 1. The highest BCUT2D eigenvalue weighted by atomic mass is 19.4. The van der Waals surface area contributed by atoms with Gasteiger partial charge in [-0.25, -0.2) is 4.98 Å². The van der Waals surface area contributed by atoms with E-state index in [1.165, 1.54) is 24.3 Å². The average molecular weight is 309 g/mol. The highest BCUT2D eigenvalue weighted by Gasteiger charge is 2.33. The Morgan fingerprint density at radius 1 is 1.18 bits per heavy atom. The lowest BCUT2D eigenvalue weighted by molar-refractivity contribution is -0.138. The minimum Gasteiger partial charge on any atom is -0.486 e. The fourth-order valence-corrected chi connectivity index (χ4v) is 2.01. The van der Waals surface area contributed by atoms with Crippen molar-refractivity contribution in [1.29, 1.82) is 0 Å². The monoisotopic (exact) mass is 309 g/mol. The van der Waals surface area contributed by atoms with Crippen molar-refractivity contribution in [2.45, 2.75) is 12.8 Å². The van der Waals surface area contributed by atoms with E-state index in [1.54, 1.807) is 0 Å². The van der Waals surface area contributed by atoms with Crippen molar-refractivity contribution in [2.75, 3.05) is 5.73 Å². The van der Waals surface area contributed by atoms with Gasteiger partial charge in [0, 0.05) is 11.6 Å². The number of nitrogens with zero attached hydrogens (tertiary/aromatic N) is 3. The lowest BCUT2D eigenvalue weighted by Crippen LogP contribution is -2.11. The molecule has 114 valence electrons. The third-order valence-electron chi connectivity index (χ3n) is 2.98. The smallest absolute Gasteiger partial charge is 0.416 e. The molecule has 0 saturated carbocycles. The maximum absolute atomic E-state index is 12.9. The lowest BCUT2D eigenvalue weighted by atomic mass is 10.1. The van der Waals surface area contributed by atoms with Crippen LogP contribution in [0.2, 0.25) is 0 Å². The zero-order chi connectivity index (χ0) is 15.7. The van der Waals surface area contributed by atoms with Crippen molar-refractivity contribution >= 4 is 17.0 Å². The molecule has 2 heterocycles. The molecule has 22 heavy (non-hydrogen) atoms. The number of rotatable bonds is 3. The first-order chi connectivity index (χ1) is 10.4. The summed E-state index contributed by atoms with van der Waals surface area (Å²) >= 11 is 0. The first-order valence-electron chi connectivity index (χ1n) is 6.20. The van der Waals surface area contributed by atoms with E-state index in [9.17, 15) is 13.2 Å². The quantitative estimate of drug-likeness (QED) is 0.776. The molecule has 0 fully saturated rings. The van der Waals surface area contributed by atoms with E-state index in [2.05, 4.69) is 20.4 Å². The summed E-state index contributed by atoms with van der Waals surface area (Å²) in [5.74, 6) is 0.355. The van der Waals surface area contributed by atoms with Gasteiger partial charge < -0.3 is 10.5 Å². The number of ether oxygens (including phenoxy) is 1. The zero-order valence-electron chi connectivity index (χ0n) is 11.1. The van der Waals surface area contributed by atoms with Crippen molar-refractivity contribution in [1.82, 2.24) is 20.4 Å². The molecule has 3 rings (SSSR count). The van der Waals surface area contributed by atoms with Gasteiger partial charge in [0.1, 0.15) is 12.4 Å². The van der Waals surface area contributed by atoms with Crippen LogP contribution in [0.1, 0.15) is 11.1 Å². The Morgan fingerprint density at radius 3 is 2.73 bits per heavy atom. The number of nitrogens with one attached hydrogen (secondary N) is 1. The summed E-state index contributed by atoms with van der Waals surface area (Å²) < 4.78 is 44.2. The number of hydrogen-bond donors (Lipinski definition) is 2. The fourth-order valence-electron chi connectivity index (χ4n) is 2.01. The van der Waals surface area contributed by atoms with Crippen molar-refractivity contribution in [3.05, 3.63) is 41.5 Å². The Hall–Kier alpha value is -2.84. The van der Waals surface area contributed by atoms with Gasteiger partial charge in [-0.05, 0) is 6.07 Å². The number of alkyl halides is 3. The van der Waals surface area contributed by atoms with E-state index in [4.69, 9.17) is 10.5 Å². The SMILES string of the molecule is Nc1cc(OCc2ccccc2C(F)(F)F)c2n[nH]nc2n1. The van der Waals surface area contributed by atoms with E-state index < -0.39 is 11.7 Å². The molecule has 0 aliphatic carbocycles. The molecule has 9 heteroatoms. The summed E-state index contributed by atoms with van der Waals surface area (Å²) in [6, 6.07) is 6.59. The second-order valence-electron chi connectivity index (χ2n) is 4.48. The molecule has 0 aliphatic heterocycles. The minimum atomic E-state index is -4.44. The summed E-state index contributed by atoms with van der Waals surface area (Å²) in [4.78, 5) is 3.92. The lowest BCUT2D eigenvalue weighted by Gasteiger charge is -2.13. The predicted molar refractivity (Wildman–Crippen MR) is 71.9 cm³/mol. The van der Waals surface area contributed by atoms with Crippen LogP contribution < -0.4 is 10.5 Å². The molecule has 0 spiro atoms. The topological polar surface area (TPSA) is 89.7 Å². The number of H-pyrrole nitrogens is 1. The molecular formula is C13H10F3N5O. The number of aromatic nitrogens is 4. The summed E-state index contributed by atoms with van der Waals surface area (Å²) in [5.41, 5.74) is 5.41. The second-order valence-corrected chi connectivity index (χ2v) is 4.48. The summed E-state index contributed by atoms with van der Waals surface area (Å²) in [6.45, 7) is -0.277. The van der Waals surface area contributed by atoms with Gasteiger partial charge in [-0.2, -0.15) is 23.5 Å². The molecule has 6 nitrogen and oxygen atoms in total. The maximum Gasteiger partial charge on any atom is 0.416 e. The molecule has 3 N–H and O–H groups in total. The Bertz CT molecular complexity index is 815. The van der Waals surface area contributed by atoms with E-state index in [-0.39, 0.29) is 29.4 Å². The van der Waals surface area contributed by atoms with E-state index in [1.807, 2.05) is 0 Å². The normalized spacial score (nSPS) is 11.8. The Balaban J connectivity index is 1.91. The second kappa shape index (κ2) is 5.17. The van der Waals surface area contributed by atoms with Gasteiger partial charge in [-0.15, -0.1) is 5.10 Å². The molecule has 0 radical (unpaired) electrons. The minimum absolute atomic E-state index is 0.0158. The van der Waals surface area contributed by atoms with Gasteiger partial charge in [0.25, 0.3) is 0 Å². The van der Waals surface area contributed by atoms with Gasteiger partial charge >= 0.3 is 6.18 Å². The van der Waals surface area contributed by atoms with Crippen LogP contribution in [0.5, 0.6) is 5.75 Å². The largest absolute Gasteiger partial charge is 0.486 e. The summed E-state index contributed by atoms with van der Waals surface area (Å²) in [7, 11) is 0. The average Bonchev–Trinajstić information content (AvgIpc) is 2.92. The van der Waals surface area contributed by atoms with Crippen LogP contribution in [0.15, 0.2) is 30.3 Å². The van der Waals surface area contributed by atoms with E-state index in [0.717, 1.165) is 6.07 Å². The number of fused-ring (bicyclic) bond motifs is 1. The third kappa shape index (κ3) is 2.65. The molecule has 0 aliphatic rings. The molecule has 1 aromatic carbocycles. The van der Waals surface area contributed by atoms with Gasteiger partial charge in [0.05, 0.1) is 5.56 Å². The number of halogens is 3. The van der Waals surface area contributed by atoms with Crippen molar-refractivity contribution in [3.63, 3.8) is 0 Å². The van der Waals surface area contributed by atoms with Crippen LogP contribution in [0.25, 0.3) is 11.2 Å². The highest BCUT2D eigenvalue weighted by molar-refractivity contribution is 5.78. The molecule has 0 amide bonds. The predicted octanol–water partition coefficient (Wildman–Crippen LogP) is 2.53. The highest BCUT2D eigenvalue weighted by Crippen LogP contribution is 2.33. The Morgan fingerprint density at radius 2 is 1.95 bits per heavy atom. The number of benzene rings is 1. The number of nitrogens with two attached hydrogens (primary N) is 1. The molecule has 2 aromatic heterocycles. The molecule has 0 unspecified atom stereocenters. The molecule has 0 saturated heterocycles. The van der Waals surface area contributed by atoms with E-state index >= 15 is 0 Å². The molecule has 3 aromatic rings.